The Morgan fingerprint density at radius 2 is 2.00 bits per heavy atom. The van der Waals surface area contributed by atoms with Gasteiger partial charge in [0.05, 0.1) is 6.61 Å². The lowest BCUT2D eigenvalue weighted by Crippen LogP contribution is -2.28. The van der Waals surface area contributed by atoms with E-state index in [1.807, 2.05) is 6.92 Å². The Balaban J connectivity index is 2.16. The Hall–Kier alpha value is -1.59. The Kier molecular flexibility index (Phi) is 5.38. The predicted molar refractivity (Wildman–Crippen MR) is 80.4 cm³/mol. The molecule has 1 heterocycles. The number of hydrogen-bond acceptors (Lipinski definition) is 6. The molecule has 0 spiro atoms. The van der Waals surface area contributed by atoms with Crippen LogP contribution in [0.15, 0.2) is 0 Å². The molecule has 0 aromatic carbocycles. The molecule has 0 saturated heterocycles. The van der Waals surface area contributed by atoms with Gasteiger partial charge in [0.25, 0.3) is 0 Å². The van der Waals surface area contributed by atoms with Crippen molar-refractivity contribution in [1.29, 1.82) is 0 Å². The van der Waals surface area contributed by atoms with Gasteiger partial charge >= 0.3 is 6.01 Å². The number of hydrogen-bond donors (Lipinski definition) is 1. The summed E-state index contributed by atoms with van der Waals surface area (Å²) in [5.74, 6) is 2.11. The number of ether oxygens (including phenoxy) is 1. The molecule has 0 aliphatic heterocycles. The van der Waals surface area contributed by atoms with E-state index in [9.17, 15) is 0 Å². The fourth-order valence-electron chi connectivity index (χ4n) is 1.95. The van der Waals surface area contributed by atoms with E-state index < -0.39 is 0 Å². The second-order valence-electron chi connectivity index (χ2n) is 5.10. The van der Waals surface area contributed by atoms with Gasteiger partial charge in [-0.05, 0) is 39.0 Å². The van der Waals surface area contributed by atoms with Crippen LogP contribution in [-0.4, -0.2) is 41.2 Å². The van der Waals surface area contributed by atoms with Gasteiger partial charge in [0.15, 0.2) is 0 Å². The molecule has 6 nitrogen and oxygen atoms in total. The summed E-state index contributed by atoms with van der Waals surface area (Å²) in [5.41, 5.74) is 0. The highest BCUT2D eigenvalue weighted by Gasteiger charge is 2.25. The number of nitrogens with zero attached hydrogens (tertiary/aromatic N) is 4. The molecule has 1 fully saturated rings. The van der Waals surface area contributed by atoms with Crippen LogP contribution < -0.4 is 15.0 Å². The van der Waals surface area contributed by atoms with Crippen LogP contribution in [0.2, 0.25) is 0 Å². The third kappa shape index (κ3) is 4.21. The molecule has 1 aromatic rings. The molecule has 20 heavy (non-hydrogen) atoms. The molecule has 0 atom stereocenters. The Labute approximate surface area is 121 Å². The fourth-order valence-corrected chi connectivity index (χ4v) is 1.95. The van der Waals surface area contributed by atoms with Gasteiger partial charge < -0.3 is 15.0 Å². The van der Waals surface area contributed by atoms with Crippen LogP contribution in [0.1, 0.15) is 40.0 Å². The summed E-state index contributed by atoms with van der Waals surface area (Å²) < 4.78 is 5.57. The zero-order valence-corrected chi connectivity index (χ0v) is 12.7. The highest BCUT2D eigenvalue weighted by atomic mass is 16.5. The Bertz CT molecular complexity index is 422. The molecule has 112 valence electrons. The monoisotopic (exact) mass is 279 g/mol. The van der Waals surface area contributed by atoms with Crippen molar-refractivity contribution in [3.8, 4) is 6.01 Å². The predicted octanol–water partition coefficient (Wildman–Crippen LogP) is 2.33. The second-order valence-corrected chi connectivity index (χ2v) is 5.10. The highest BCUT2D eigenvalue weighted by molar-refractivity contribution is 5.38. The van der Waals surface area contributed by atoms with Crippen molar-refractivity contribution in [3.05, 3.63) is 0 Å². The van der Waals surface area contributed by atoms with Gasteiger partial charge in [-0.3, -0.25) is 0 Å². The largest absolute Gasteiger partial charge is 0.463 e. The number of rotatable bonds is 9. The van der Waals surface area contributed by atoms with Gasteiger partial charge in [-0.15, -0.1) is 0 Å². The van der Waals surface area contributed by atoms with Gasteiger partial charge in [-0.25, -0.2) is 0 Å². The summed E-state index contributed by atoms with van der Waals surface area (Å²) in [6.45, 7) is 9.57. The van der Waals surface area contributed by atoms with E-state index in [1.54, 1.807) is 0 Å². The van der Waals surface area contributed by atoms with E-state index in [-0.39, 0.29) is 0 Å². The average Bonchev–Trinajstić information content (AvgIpc) is 3.26. The first kappa shape index (κ1) is 14.8. The summed E-state index contributed by atoms with van der Waals surface area (Å²) in [6.07, 6.45) is 3.58. The van der Waals surface area contributed by atoms with E-state index >= 15 is 0 Å². The Morgan fingerprint density at radius 1 is 1.20 bits per heavy atom. The number of nitrogens with one attached hydrogen (secondary N) is 1. The van der Waals surface area contributed by atoms with Crippen LogP contribution in [0.4, 0.5) is 11.9 Å². The van der Waals surface area contributed by atoms with Crippen molar-refractivity contribution in [3.63, 3.8) is 0 Å². The molecule has 1 N–H and O–H groups in total. The van der Waals surface area contributed by atoms with Crippen LogP contribution in [0.5, 0.6) is 6.01 Å². The molecule has 1 aliphatic carbocycles. The lowest BCUT2D eigenvalue weighted by atomic mass is 10.4. The van der Waals surface area contributed by atoms with Gasteiger partial charge in [0.2, 0.25) is 11.9 Å². The molecular formula is C14H25N5O. The summed E-state index contributed by atoms with van der Waals surface area (Å²) in [7, 11) is 0. The summed E-state index contributed by atoms with van der Waals surface area (Å²) in [4.78, 5) is 15.4. The first-order valence-electron chi connectivity index (χ1n) is 7.64. The molecule has 6 heteroatoms. The third-order valence-corrected chi connectivity index (χ3v) is 3.21. The lowest BCUT2D eigenvalue weighted by molar-refractivity contribution is 0.292. The van der Waals surface area contributed by atoms with Crippen molar-refractivity contribution < 1.29 is 4.74 Å². The van der Waals surface area contributed by atoms with Crippen molar-refractivity contribution in [2.45, 2.75) is 40.0 Å². The van der Waals surface area contributed by atoms with E-state index in [0.717, 1.165) is 37.9 Å². The first-order valence-corrected chi connectivity index (χ1v) is 7.64. The minimum Gasteiger partial charge on any atom is -0.463 e. The number of anilines is 2. The van der Waals surface area contributed by atoms with Gasteiger partial charge in [0.1, 0.15) is 0 Å². The molecule has 0 unspecified atom stereocenters. The van der Waals surface area contributed by atoms with E-state index in [1.165, 1.54) is 12.8 Å². The van der Waals surface area contributed by atoms with E-state index in [4.69, 9.17) is 4.74 Å². The zero-order chi connectivity index (χ0) is 14.4. The normalized spacial score (nSPS) is 14.2. The second kappa shape index (κ2) is 7.26. The zero-order valence-electron chi connectivity index (χ0n) is 12.7. The van der Waals surface area contributed by atoms with Gasteiger partial charge in [0, 0.05) is 19.6 Å². The van der Waals surface area contributed by atoms with Gasteiger partial charge in [-0.2, -0.15) is 15.0 Å². The molecule has 0 bridgehead atoms. The molecule has 1 aliphatic rings. The summed E-state index contributed by atoms with van der Waals surface area (Å²) in [5, 5.41) is 3.14. The minimum atomic E-state index is 0.419. The molecule has 1 saturated carbocycles. The van der Waals surface area contributed by atoms with Crippen molar-refractivity contribution in [1.82, 2.24) is 15.0 Å². The van der Waals surface area contributed by atoms with Crippen molar-refractivity contribution in [2.24, 2.45) is 5.92 Å². The molecule has 0 radical (unpaired) electrons. The fraction of sp³-hybridized carbons (Fsp3) is 0.786. The van der Waals surface area contributed by atoms with E-state index in [2.05, 4.69) is 39.0 Å². The molecule has 2 rings (SSSR count). The topological polar surface area (TPSA) is 63.2 Å². The standard InChI is InChI=1S/C14H25N5O/c1-4-9-20-14-17-12(15-5-2)16-13(18-14)19(6-3)10-11-7-8-11/h11H,4-10H2,1-3H3,(H,15,16,17,18). The maximum absolute atomic E-state index is 5.57. The Morgan fingerprint density at radius 3 is 2.60 bits per heavy atom. The first-order chi connectivity index (χ1) is 9.76. The average molecular weight is 279 g/mol. The van der Waals surface area contributed by atoms with Crippen LogP contribution in [0.3, 0.4) is 0 Å². The SMILES string of the molecule is CCCOc1nc(NCC)nc(N(CC)CC2CC2)n1. The maximum Gasteiger partial charge on any atom is 0.323 e. The van der Waals surface area contributed by atoms with E-state index in [0.29, 0.717) is 18.6 Å². The summed E-state index contributed by atoms with van der Waals surface area (Å²) >= 11 is 0. The number of aromatic nitrogens is 3. The third-order valence-electron chi connectivity index (χ3n) is 3.21. The maximum atomic E-state index is 5.57. The van der Waals surface area contributed by atoms with Gasteiger partial charge in [-0.1, -0.05) is 6.92 Å². The minimum absolute atomic E-state index is 0.419. The van der Waals surface area contributed by atoms with Crippen molar-refractivity contribution >= 4 is 11.9 Å². The smallest absolute Gasteiger partial charge is 0.323 e. The lowest BCUT2D eigenvalue weighted by Gasteiger charge is -2.21. The van der Waals surface area contributed by atoms with Crippen LogP contribution in [0.25, 0.3) is 0 Å². The molecular weight excluding hydrogens is 254 g/mol. The highest BCUT2D eigenvalue weighted by Crippen LogP contribution is 2.30. The summed E-state index contributed by atoms with van der Waals surface area (Å²) in [6, 6.07) is 0.419. The molecule has 0 amide bonds. The van der Waals surface area contributed by atoms with Crippen LogP contribution >= 0.6 is 0 Å². The van der Waals surface area contributed by atoms with Crippen LogP contribution in [0, 0.1) is 5.92 Å². The van der Waals surface area contributed by atoms with Crippen molar-refractivity contribution in [2.75, 3.05) is 36.5 Å². The quantitative estimate of drug-likeness (QED) is 0.748. The molecule has 1 aromatic heterocycles. The van der Waals surface area contributed by atoms with Crippen LogP contribution in [-0.2, 0) is 0 Å².